The summed E-state index contributed by atoms with van der Waals surface area (Å²) in [6.07, 6.45) is 7.10. The molecule has 1 aromatic rings. The lowest BCUT2D eigenvalue weighted by Crippen LogP contribution is -2.61. The standard InChI is InChI=1S/C20H26O5/c1-12-4-3-5-16-19(13(2)8-17(22)20(12,16)11-21)9-15(25-18(19)23)14-6-7-24-10-14/h4,6-7,10,13,15-17,21-22H,3,5,8-9,11H2,1-2H3/t13-,15+,16-,17+,19+,20+/m1/s1. The van der Waals surface area contributed by atoms with E-state index in [0.717, 1.165) is 24.0 Å². The van der Waals surface area contributed by atoms with Crippen LogP contribution in [0, 0.1) is 22.7 Å². The van der Waals surface area contributed by atoms with Crippen LogP contribution in [0.1, 0.15) is 51.2 Å². The number of hydrogen-bond acceptors (Lipinski definition) is 5. The number of fused-ring (bicyclic) bond motifs is 2. The molecule has 25 heavy (non-hydrogen) atoms. The Morgan fingerprint density at radius 3 is 2.88 bits per heavy atom. The number of aliphatic hydroxyl groups is 2. The molecule has 2 fully saturated rings. The van der Waals surface area contributed by atoms with Gasteiger partial charge in [0.25, 0.3) is 0 Å². The van der Waals surface area contributed by atoms with Crippen molar-refractivity contribution in [3.05, 3.63) is 35.8 Å². The predicted octanol–water partition coefficient (Wildman–Crippen LogP) is 2.99. The highest BCUT2D eigenvalue weighted by Crippen LogP contribution is 2.65. The Labute approximate surface area is 147 Å². The van der Waals surface area contributed by atoms with E-state index in [2.05, 4.69) is 6.08 Å². The molecule has 0 amide bonds. The Balaban J connectivity index is 1.80. The molecule has 6 atom stereocenters. The summed E-state index contributed by atoms with van der Waals surface area (Å²) in [6.45, 7) is 3.87. The van der Waals surface area contributed by atoms with Gasteiger partial charge in [0, 0.05) is 17.4 Å². The minimum Gasteiger partial charge on any atom is -0.472 e. The largest absolute Gasteiger partial charge is 0.472 e. The van der Waals surface area contributed by atoms with E-state index in [0.29, 0.717) is 12.8 Å². The molecule has 4 rings (SSSR count). The maximum atomic E-state index is 13.2. The minimum absolute atomic E-state index is 0.00229. The van der Waals surface area contributed by atoms with E-state index in [9.17, 15) is 15.0 Å². The molecular weight excluding hydrogens is 320 g/mol. The highest BCUT2D eigenvalue weighted by molar-refractivity contribution is 5.81. The number of rotatable bonds is 2. The molecule has 0 unspecified atom stereocenters. The molecular formula is C20H26O5. The number of esters is 1. The third-order valence-electron chi connectivity index (χ3n) is 7.26. The van der Waals surface area contributed by atoms with Gasteiger partial charge in [0.15, 0.2) is 0 Å². The van der Waals surface area contributed by atoms with Crippen molar-refractivity contribution in [2.24, 2.45) is 22.7 Å². The van der Waals surface area contributed by atoms with Gasteiger partial charge in [-0.05, 0) is 44.1 Å². The zero-order valence-corrected chi connectivity index (χ0v) is 14.8. The summed E-state index contributed by atoms with van der Waals surface area (Å²) in [7, 11) is 0. The van der Waals surface area contributed by atoms with Gasteiger partial charge in [0.1, 0.15) is 6.10 Å². The zero-order valence-electron chi connectivity index (χ0n) is 14.8. The van der Waals surface area contributed by atoms with Gasteiger partial charge in [0.2, 0.25) is 0 Å². The van der Waals surface area contributed by atoms with Crippen molar-refractivity contribution >= 4 is 5.97 Å². The number of carbonyl (C=O) groups is 1. The van der Waals surface area contributed by atoms with Crippen molar-refractivity contribution in [3.8, 4) is 0 Å². The second-order valence-corrected chi connectivity index (χ2v) is 8.06. The molecule has 0 aromatic carbocycles. The highest BCUT2D eigenvalue weighted by atomic mass is 16.6. The lowest BCUT2D eigenvalue weighted by Gasteiger charge is -2.58. The van der Waals surface area contributed by atoms with Gasteiger partial charge < -0.3 is 19.4 Å². The third kappa shape index (κ3) is 2.05. The van der Waals surface area contributed by atoms with Crippen LogP contribution < -0.4 is 0 Å². The second-order valence-electron chi connectivity index (χ2n) is 8.06. The molecule has 136 valence electrons. The van der Waals surface area contributed by atoms with Crippen LogP contribution in [0.4, 0.5) is 0 Å². The summed E-state index contributed by atoms with van der Waals surface area (Å²) in [5.74, 6) is -0.295. The van der Waals surface area contributed by atoms with Gasteiger partial charge in [-0.3, -0.25) is 4.79 Å². The van der Waals surface area contributed by atoms with Gasteiger partial charge in [-0.25, -0.2) is 0 Å². The topological polar surface area (TPSA) is 79.9 Å². The third-order valence-corrected chi connectivity index (χ3v) is 7.26. The molecule has 1 saturated heterocycles. The summed E-state index contributed by atoms with van der Waals surface area (Å²) >= 11 is 0. The smallest absolute Gasteiger partial charge is 0.313 e. The first kappa shape index (κ1) is 16.9. The maximum absolute atomic E-state index is 13.2. The van der Waals surface area contributed by atoms with Crippen LogP contribution in [0.5, 0.6) is 0 Å². The molecule has 1 saturated carbocycles. The van der Waals surface area contributed by atoms with Crippen molar-refractivity contribution < 1.29 is 24.2 Å². The van der Waals surface area contributed by atoms with Crippen LogP contribution in [0.15, 0.2) is 34.7 Å². The zero-order chi connectivity index (χ0) is 17.8. The predicted molar refractivity (Wildman–Crippen MR) is 90.4 cm³/mol. The van der Waals surface area contributed by atoms with Crippen LogP contribution in [-0.2, 0) is 9.53 Å². The van der Waals surface area contributed by atoms with E-state index in [4.69, 9.17) is 9.15 Å². The van der Waals surface area contributed by atoms with Crippen LogP contribution in [0.3, 0.4) is 0 Å². The number of allylic oxidation sites excluding steroid dienone is 1. The van der Waals surface area contributed by atoms with Crippen LogP contribution in [0.2, 0.25) is 0 Å². The van der Waals surface area contributed by atoms with E-state index in [1.807, 2.05) is 19.9 Å². The number of cyclic esters (lactones) is 1. The normalized spacial score (nSPS) is 43.7. The molecule has 0 radical (unpaired) electrons. The molecule has 1 spiro atoms. The lowest BCUT2D eigenvalue weighted by atomic mass is 9.45. The Kier molecular flexibility index (Phi) is 3.85. The number of furan rings is 1. The Morgan fingerprint density at radius 2 is 2.20 bits per heavy atom. The summed E-state index contributed by atoms with van der Waals surface area (Å²) in [5.41, 5.74) is 0.472. The van der Waals surface area contributed by atoms with E-state index >= 15 is 0 Å². The van der Waals surface area contributed by atoms with E-state index in [1.54, 1.807) is 12.5 Å². The van der Waals surface area contributed by atoms with E-state index in [-0.39, 0.29) is 30.5 Å². The average molecular weight is 346 g/mol. The fourth-order valence-corrected chi connectivity index (χ4v) is 5.84. The van der Waals surface area contributed by atoms with Crippen molar-refractivity contribution in [2.75, 3.05) is 6.61 Å². The lowest BCUT2D eigenvalue weighted by molar-refractivity contribution is -0.178. The van der Waals surface area contributed by atoms with Gasteiger partial charge in [-0.15, -0.1) is 0 Å². The fraction of sp³-hybridized carbons (Fsp3) is 0.650. The summed E-state index contributed by atoms with van der Waals surface area (Å²) in [4.78, 5) is 13.2. The molecule has 1 aliphatic heterocycles. The fourth-order valence-electron chi connectivity index (χ4n) is 5.84. The highest BCUT2D eigenvalue weighted by Gasteiger charge is 2.68. The Hall–Kier alpha value is -1.59. The molecule has 2 heterocycles. The second kappa shape index (κ2) is 5.71. The molecule has 2 aliphatic carbocycles. The van der Waals surface area contributed by atoms with E-state index < -0.39 is 16.9 Å². The number of hydrogen-bond donors (Lipinski definition) is 2. The van der Waals surface area contributed by atoms with Gasteiger partial charge in [-0.1, -0.05) is 18.6 Å². The quantitative estimate of drug-likeness (QED) is 0.636. The maximum Gasteiger partial charge on any atom is 0.313 e. The van der Waals surface area contributed by atoms with E-state index in [1.165, 1.54) is 0 Å². The Morgan fingerprint density at radius 1 is 1.40 bits per heavy atom. The van der Waals surface area contributed by atoms with Crippen molar-refractivity contribution in [3.63, 3.8) is 0 Å². The van der Waals surface area contributed by atoms with Crippen LogP contribution in [-0.4, -0.2) is 28.9 Å². The Bertz CT molecular complexity index is 693. The van der Waals surface area contributed by atoms with Crippen molar-refractivity contribution in [2.45, 2.75) is 51.7 Å². The van der Waals surface area contributed by atoms with Gasteiger partial charge in [-0.2, -0.15) is 0 Å². The molecule has 0 bridgehead atoms. The van der Waals surface area contributed by atoms with Gasteiger partial charge in [0.05, 0.1) is 30.7 Å². The SMILES string of the molecule is CC1=CCC[C@H]2[C@@]1(CO)[C@@H](O)C[C@@H](C)[C@@]21C[C@@H](c2ccoc2)OC1=O. The van der Waals surface area contributed by atoms with Gasteiger partial charge >= 0.3 is 5.97 Å². The molecule has 1 aromatic heterocycles. The summed E-state index contributed by atoms with van der Waals surface area (Å²) in [5, 5.41) is 21.2. The summed E-state index contributed by atoms with van der Waals surface area (Å²) < 4.78 is 11.0. The molecule has 3 aliphatic rings. The average Bonchev–Trinajstić information content (AvgIpc) is 3.22. The number of carbonyl (C=O) groups excluding carboxylic acids is 1. The first-order chi connectivity index (χ1) is 12.0. The first-order valence-corrected chi connectivity index (χ1v) is 9.16. The first-order valence-electron chi connectivity index (χ1n) is 9.16. The monoisotopic (exact) mass is 346 g/mol. The summed E-state index contributed by atoms with van der Waals surface area (Å²) in [6, 6.07) is 1.84. The molecule has 5 nitrogen and oxygen atoms in total. The minimum atomic E-state index is -0.741. The number of ether oxygens (including phenoxy) is 1. The molecule has 2 N–H and O–H groups in total. The van der Waals surface area contributed by atoms with Crippen molar-refractivity contribution in [1.29, 1.82) is 0 Å². The van der Waals surface area contributed by atoms with Crippen molar-refractivity contribution in [1.82, 2.24) is 0 Å². The number of aliphatic hydroxyl groups excluding tert-OH is 2. The van der Waals surface area contributed by atoms with Crippen LogP contribution in [0.25, 0.3) is 0 Å². The molecule has 5 heteroatoms. The van der Waals surface area contributed by atoms with Crippen LogP contribution >= 0.6 is 0 Å².